The first-order valence-electron chi connectivity index (χ1n) is 5.81. The van der Waals surface area contributed by atoms with Gasteiger partial charge in [0, 0.05) is 24.0 Å². The van der Waals surface area contributed by atoms with E-state index in [1.165, 1.54) is 12.1 Å². The van der Waals surface area contributed by atoms with Crippen LogP contribution in [0.1, 0.15) is 10.4 Å². The van der Waals surface area contributed by atoms with Gasteiger partial charge >= 0.3 is 0 Å². The normalized spacial score (nSPS) is 15.8. The van der Waals surface area contributed by atoms with Crippen molar-refractivity contribution in [2.75, 3.05) is 13.1 Å². The average molecular weight is 245 g/mol. The van der Waals surface area contributed by atoms with E-state index in [1.807, 2.05) is 0 Å². The summed E-state index contributed by atoms with van der Waals surface area (Å²) in [6, 6.07) is 9.74. The minimum atomic E-state index is -0.430. The van der Waals surface area contributed by atoms with Gasteiger partial charge in [-0.25, -0.2) is 4.39 Å². The Morgan fingerprint density at radius 1 is 1.17 bits per heavy atom. The van der Waals surface area contributed by atoms with Gasteiger partial charge in [-0.1, -0.05) is 24.3 Å². The summed E-state index contributed by atoms with van der Waals surface area (Å²) in [6.07, 6.45) is -0.430. The molecule has 3 nitrogen and oxygen atoms in total. The fraction of sp³-hybridized carbons (Fsp3) is 0.214. The van der Waals surface area contributed by atoms with Crippen molar-refractivity contribution in [1.82, 2.24) is 4.90 Å². The van der Waals surface area contributed by atoms with E-state index in [1.54, 1.807) is 29.2 Å². The quantitative estimate of drug-likeness (QED) is 0.832. The molecule has 1 amide bonds. The molecule has 4 heteroatoms. The molecule has 1 saturated heterocycles. The maximum Gasteiger partial charge on any atom is 0.254 e. The zero-order valence-electron chi connectivity index (χ0n) is 9.64. The minimum Gasteiger partial charge on any atom is -0.389 e. The summed E-state index contributed by atoms with van der Waals surface area (Å²) in [5, 5.41) is 10.3. The van der Waals surface area contributed by atoms with Gasteiger partial charge in [-0.3, -0.25) is 4.79 Å². The Hall–Kier alpha value is -1.94. The Kier molecular flexibility index (Phi) is 2.52. The van der Waals surface area contributed by atoms with Crippen molar-refractivity contribution in [2.45, 2.75) is 6.10 Å². The summed E-state index contributed by atoms with van der Waals surface area (Å²) < 4.78 is 13.6. The topological polar surface area (TPSA) is 40.5 Å². The predicted octanol–water partition coefficient (Wildman–Crippen LogP) is 1.80. The van der Waals surface area contributed by atoms with Crippen LogP contribution in [0, 0.1) is 5.82 Å². The van der Waals surface area contributed by atoms with E-state index >= 15 is 0 Å². The van der Waals surface area contributed by atoms with Crippen molar-refractivity contribution < 1.29 is 14.3 Å². The lowest BCUT2D eigenvalue weighted by molar-refractivity contribution is 0.00602. The van der Waals surface area contributed by atoms with Gasteiger partial charge in [-0.15, -0.1) is 0 Å². The molecule has 0 bridgehead atoms. The lowest BCUT2D eigenvalue weighted by Gasteiger charge is -2.36. The number of β-amino-alcohol motifs (C(OH)–C–C–N with tert-alkyl or cyclic N) is 1. The molecule has 18 heavy (non-hydrogen) atoms. The second-order valence-electron chi connectivity index (χ2n) is 4.50. The van der Waals surface area contributed by atoms with Gasteiger partial charge in [0.05, 0.1) is 6.10 Å². The molecule has 1 N–H and O–H groups in total. The summed E-state index contributed by atoms with van der Waals surface area (Å²) in [4.78, 5) is 13.8. The molecule has 2 aromatic rings. The molecule has 0 saturated carbocycles. The molecule has 2 aromatic carbocycles. The zero-order valence-corrected chi connectivity index (χ0v) is 9.64. The highest BCUT2D eigenvalue weighted by atomic mass is 19.1. The van der Waals surface area contributed by atoms with Crippen LogP contribution in [0.3, 0.4) is 0 Å². The SMILES string of the molecule is O=C(c1ccc(F)c2ccccc12)N1CC(O)C1. The Labute approximate surface area is 103 Å². The van der Waals surface area contributed by atoms with Crippen molar-refractivity contribution in [3.63, 3.8) is 0 Å². The number of likely N-dealkylation sites (tertiary alicyclic amines) is 1. The van der Waals surface area contributed by atoms with Gasteiger partial charge in [0.15, 0.2) is 0 Å². The number of nitrogens with zero attached hydrogens (tertiary/aromatic N) is 1. The molecule has 0 unspecified atom stereocenters. The zero-order chi connectivity index (χ0) is 12.7. The molecule has 0 spiro atoms. The number of benzene rings is 2. The number of rotatable bonds is 1. The molecular weight excluding hydrogens is 233 g/mol. The van der Waals surface area contributed by atoms with E-state index in [-0.39, 0.29) is 11.7 Å². The number of fused-ring (bicyclic) bond motifs is 1. The van der Waals surface area contributed by atoms with Crippen LogP contribution in [0.4, 0.5) is 4.39 Å². The third-order valence-corrected chi connectivity index (χ3v) is 3.25. The summed E-state index contributed by atoms with van der Waals surface area (Å²) in [5.74, 6) is -0.484. The lowest BCUT2D eigenvalue weighted by Crippen LogP contribution is -2.53. The number of carbonyl (C=O) groups is 1. The van der Waals surface area contributed by atoms with Crippen LogP contribution < -0.4 is 0 Å². The van der Waals surface area contributed by atoms with E-state index in [9.17, 15) is 14.3 Å². The van der Waals surface area contributed by atoms with Crippen LogP contribution in [0.5, 0.6) is 0 Å². The van der Waals surface area contributed by atoms with Gasteiger partial charge in [-0.05, 0) is 17.5 Å². The lowest BCUT2D eigenvalue weighted by atomic mass is 10.0. The molecule has 1 aliphatic rings. The van der Waals surface area contributed by atoms with E-state index in [4.69, 9.17) is 0 Å². The van der Waals surface area contributed by atoms with Gasteiger partial charge in [0.25, 0.3) is 5.91 Å². The van der Waals surface area contributed by atoms with Crippen molar-refractivity contribution in [1.29, 1.82) is 0 Å². The largest absolute Gasteiger partial charge is 0.389 e. The van der Waals surface area contributed by atoms with Crippen LogP contribution in [0.15, 0.2) is 36.4 Å². The van der Waals surface area contributed by atoms with Crippen LogP contribution >= 0.6 is 0 Å². The molecule has 1 heterocycles. The molecule has 92 valence electrons. The first-order valence-corrected chi connectivity index (χ1v) is 5.81. The van der Waals surface area contributed by atoms with E-state index in [2.05, 4.69) is 0 Å². The highest BCUT2D eigenvalue weighted by molar-refractivity contribution is 6.07. The smallest absolute Gasteiger partial charge is 0.254 e. The number of hydrogen-bond acceptors (Lipinski definition) is 2. The van der Waals surface area contributed by atoms with Crippen molar-refractivity contribution in [3.05, 3.63) is 47.8 Å². The molecule has 0 radical (unpaired) electrons. The van der Waals surface area contributed by atoms with Gasteiger partial charge < -0.3 is 10.0 Å². The van der Waals surface area contributed by atoms with Crippen molar-refractivity contribution in [2.24, 2.45) is 0 Å². The fourth-order valence-corrected chi connectivity index (χ4v) is 2.24. The minimum absolute atomic E-state index is 0.156. The monoisotopic (exact) mass is 245 g/mol. The average Bonchev–Trinajstić information content (AvgIpc) is 2.35. The molecule has 3 rings (SSSR count). The molecule has 0 aromatic heterocycles. The number of halogens is 1. The van der Waals surface area contributed by atoms with Crippen molar-refractivity contribution in [3.8, 4) is 0 Å². The first-order chi connectivity index (χ1) is 8.66. The summed E-state index contributed by atoms with van der Waals surface area (Å²) in [6.45, 7) is 0.703. The summed E-state index contributed by atoms with van der Waals surface area (Å²) in [5.41, 5.74) is 0.485. The number of carbonyl (C=O) groups excluding carboxylic acids is 1. The third kappa shape index (κ3) is 1.66. The number of aliphatic hydroxyl groups excluding tert-OH is 1. The highest BCUT2D eigenvalue weighted by Gasteiger charge is 2.30. The van der Waals surface area contributed by atoms with Crippen LogP contribution in [-0.4, -0.2) is 35.1 Å². The second-order valence-corrected chi connectivity index (χ2v) is 4.50. The summed E-state index contributed by atoms with van der Waals surface area (Å²) in [7, 11) is 0. The van der Waals surface area contributed by atoms with E-state index < -0.39 is 6.10 Å². The molecule has 1 fully saturated rings. The van der Waals surface area contributed by atoms with Gasteiger partial charge in [-0.2, -0.15) is 0 Å². The molecule has 1 aliphatic heterocycles. The van der Waals surface area contributed by atoms with E-state index in [0.29, 0.717) is 29.4 Å². The molecule has 0 aliphatic carbocycles. The molecule has 0 atom stereocenters. The number of hydrogen-bond donors (Lipinski definition) is 1. The Morgan fingerprint density at radius 2 is 1.83 bits per heavy atom. The van der Waals surface area contributed by atoms with Crippen molar-refractivity contribution >= 4 is 16.7 Å². The predicted molar refractivity (Wildman–Crippen MR) is 65.8 cm³/mol. The molecular formula is C14H12FNO2. The Morgan fingerprint density at radius 3 is 2.50 bits per heavy atom. The standard InChI is InChI=1S/C14H12FNO2/c15-13-6-5-12(10-3-1-2-4-11(10)13)14(18)16-7-9(17)8-16/h1-6,9,17H,7-8H2. The summed E-state index contributed by atoms with van der Waals surface area (Å²) >= 11 is 0. The number of amides is 1. The van der Waals surface area contributed by atoms with Gasteiger partial charge in [0.1, 0.15) is 5.82 Å². The fourth-order valence-electron chi connectivity index (χ4n) is 2.24. The first kappa shape index (κ1) is 11.2. The maximum absolute atomic E-state index is 13.6. The number of aliphatic hydroxyl groups is 1. The highest BCUT2D eigenvalue weighted by Crippen LogP contribution is 2.24. The Bertz CT molecular complexity index is 620. The van der Waals surface area contributed by atoms with Crippen LogP contribution in [-0.2, 0) is 0 Å². The van der Waals surface area contributed by atoms with E-state index in [0.717, 1.165) is 0 Å². The Balaban J connectivity index is 2.07. The second kappa shape index (κ2) is 4.07. The maximum atomic E-state index is 13.6. The van der Waals surface area contributed by atoms with Crippen LogP contribution in [0.25, 0.3) is 10.8 Å². The third-order valence-electron chi connectivity index (χ3n) is 3.25. The van der Waals surface area contributed by atoms with Crippen LogP contribution in [0.2, 0.25) is 0 Å². The van der Waals surface area contributed by atoms with Gasteiger partial charge in [0.2, 0.25) is 0 Å².